The summed E-state index contributed by atoms with van der Waals surface area (Å²) in [5, 5.41) is 3.64. The van der Waals surface area contributed by atoms with Gasteiger partial charge in [0.05, 0.1) is 0 Å². The molecule has 0 saturated heterocycles. The van der Waals surface area contributed by atoms with Crippen LogP contribution in [0.25, 0.3) is 0 Å². The van der Waals surface area contributed by atoms with E-state index in [2.05, 4.69) is 17.4 Å². The van der Waals surface area contributed by atoms with Gasteiger partial charge in [0, 0.05) is 22.2 Å². The van der Waals surface area contributed by atoms with Crippen LogP contribution >= 0.6 is 23.4 Å². The largest absolute Gasteiger partial charge is 0.481 e. The van der Waals surface area contributed by atoms with E-state index < -0.39 is 6.10 Å². The zero-order valence-corrected chi connectivity index (χ0v) is 15.7. The van der Waals surface area contributed by atoms with Crippen LogP contribution in [0.4, 0.5) is 0 Å². The predicted octanol–water partition coefficient (Wildman–Crippen LogP) is 4.63. The first-order valence-corrected chi connectivity index (χ1v) is 9.22. The first kappa shape index (κ1) is 18.7. The summed E-state index contributed by atoms with van der Waals surface area (Å²) in [7, 11) is 0. The van der Waals surface area contributed by atoms with Gasteiger partial charge in [0.15, 0.2) is 6.10 Å². The van der Waals surface area contributed by atoms with Crippen LogP contribution in [0.15, 0.2) is 47.4 Å². The monoisotopic (exact) mass is 363 g/mol. The van der Waals surface area contributed by atoms with Gasteiger partial charge in [0.1, 0.15) is 5.75 Å². The molecule has 24 heavy (non-hydrogen) atoms. The van der Waals surface area contributed by atoms with Crippen molar-refractivity contribution in [3.63, 3.8) is 0 Å². The van der Waals surface area contributed by atoms with E-state index in [1.54, 1.807) is 18.7 Å². The third-order valence-electron chi connectivity index (χ3n) is 3.51. The first-order chi connectivity index (χ1) is 11.5. The molecule has 2 aromatic rings. The maximum absolute atomic E-state index is 12.1. The standard InChI is InChI=1S/C19H22ClNO2S/c1-13-11-16(12-14(2)18(13)20)23-15(3)19(22)21-9-10-24-17-7-5-4-6-8-17/h4-8,11-12,15H,9-10H2,1-3H3,(H,21,22)/t15-/m0/s1. The molecule has 3 nitrogen and oxygen atoms in total. The number of carbonyl (C=O) groups excluding carboxylic acids is 1. The Balaban J connectivity index is 1.78. The van der Waals surface area contributed by atoms with Crippen LogP contribution in [0, 0.1) is 13.8 Å². The summed E-state index contributed by atoms with van der Waals surface area (Å²) in [5.41, 5.74) is 1.89. The van der Waals surface area contributed by atoms with E-state index in [1.807, 2.05) is 44.2 Å². The highest BCUT2D eigenvalue weighted by molar-refractivity contribution is 7.99. The Kier molecular flexibility index (Phi) is 7.00. The normalized spacial score (nSPS) is 11.8. The fourth-order valence-corrected chi connectivity index (χ4v) is 3.13. The molecule has 1 amide bonds. The van der Waals surface area contributed by atoms with Crippen molar-refractivity contribution in [1.82, 2.24) is 5.32 Å². The van der Waals surface area contributed by atoms with Crippen molar-refractivity contribution >= 4 is 29.3 Å². The Bertz CT molecular complexity index is 668. The highest BCUT2D eigenvalue weighted by atomic mass is 35.5. The number of amides is 1. The van der Waals surface area contributed by atoms with Gasteiger partial charge in [-0.15, -0.1) is 11.8 Å². The molecule has 0 bridgehead atoms. The molecule has 0 spiro atoms. The van der Waals surface area contributed by atoms with Crippen LogP contribution in [0.5, 0.6) is 5.75 Å². The molecule has 0 unspecified atom stereocenters. The summed E-state index contributed by atoms with van der Waals surface area (Å²) in [5.74, 6) is 1.37. The minimum Gasteiger partial charge on any atom is -0.481 e. The minimum absolute atomic E-state index is 0.117. The number of nitrogens with one attached hydrogen (secondary N) is 1. The number of ether oxygens (including phenoxy) is 1. The number of hydrogen-bond donors (Lipinski definition) is 1. The Labute approximate surface area is 152 Å². The van der Waals surface area contributed by atoms with Crippen LogP contribution in [0.3, 0.4) is 0 Å². The van der Waals surface area contributed by atoms with Gasteiger partial charge in [-0.05, 0) is 56.2 Å². The van der Waals surface area contributed by atoms with Crippen molar-refractivity contribution in [2.75, 3.05) is 12.3 Å². The van der Waals surface area contributed by atoms with E-state index in [0.29, 0.717) is 12.3 Å². The number of benzene rings is 2. The summed E-state index contributed by atoms with van der Waals surface area (Å²) in [6.45, 7) is 6.20. The van der Waals surface area contributed by atoms with Crippen LogP contribution in [-0.4, -0.2) is 24.3 Å². The second-order valence-electron chi connectivity index (χ2n) is 5.58. The number of rotatable bonds is 7. The summed E-state index contributed by atoms with van der Waals surface area (Å²) >= 11 is 7.86. The minimum atomic E-state index is -0.549. The molecule has 2 rings (SSSR count). The summed E-state index contributed by atoms with van der Waals surface area (Å²) in [6, 6.07) is 13.8. The third-order valence-corrected chi connectivity index (χ3v) is 5.12. The van der Waals surface area contributed by atoms with Crippen LogP contribution in [0.2, 0.25) is 5.02 Å². The summed E-state index contributed by atoms with van der Waals surface area (Å²) in [4.78, 5) is 13.3. The molecule has 0 heterocycles. The van der Waals surface area contributed by atoms with Crippen LogP contribution < -0.4 is 10.1 Å². The zero-order chi connectivity index (χ0) is 17.5. The molecule has 1 atom stereocenters. The molecule has 1 N–H and O–H groups in total. The molecule has 128 valence electrons. The van der Waals surface area contributed by atoms with Crippen LogP contribution in [-0.2, 0) is 4.79 Å². The average Bonchev–Trinajstić information content (AvgIpc) is 2.57. The molecular formula is C19H22ClNO2S. The van der Waals surface area contributed by atoms with Crippen molar-refractivity contribution < 1.29 is 9.53 Å². The SMILES string of the molecule is Cc1cc(O[C@@H](C)C(=O)NCCSc2ccccc2)cc(C)c1Cl. The first-order valence-electron chi connectivity index (χ1n) is 7.86. The molecule has 0 aromatic heterocycles. The van der Waals surface area contributed by atoms with E-state index in [4.69, 9.17) is 16.3 Å². The maximum Gasteiger partial charge on any atom is 0.260 e. The Morgan fingerprint density at radius 3 is 2.46 bits per heavy atom. The van der Waals surface area contributed by atoms with Crippen molar-refractivity contribution in [2.45, 2.75) is 31.8 Å². The fraction of sp³-hybridized carbons (Fsp3) is 0.316. The lowest BCUT2D eigenvalue weighted by Gasteiger charge is -2.16. The number of thioether (sulfide) groups is 1. The van der Waals surface area contributed by atoms with E-state index in [0.717, 1.165) is 21.9 Å². The van der Waals surface area contributed by atoms with Crippen molar-refractivity contribution in [1.29, 1.82) is 0 Å². The smallest absolute Gasteiger partial charge is 0.260 e. The number of aryl methyl sites for hydroxylation is 2. The number of hydrogen-bond acceptors (Lipinski definition) is 3. The third kappa shape index (κ3) is 5.46. The van der Waals surface area contributed by atoms with Crippen LogP contribution in [0.1, 0.15) is 18.1 Å². The fourth-order valence-electron chi connectivity index (χ4n) is 2.24. The molecule has 0 radical (unpaired) electrons. The molecule has 0 fully saturated rings. The Morgan fingerprint density at radius 2 is 1.83 bits per heavy atom. The molecule has 0 aliphatic heterocycles. The highest BCUT2D eigenvalue weighted by Gasteiger charge is 2.15. The van der Waals surface area contributed by atoms with E-state index in [-0.39, 0.29) is 5.91 Å². The van der Waals surface area contributed by atoms with Gasteiger partial charge >= 0.3 is 0 Å². The Hall–Kier alpha value is -1.65. The topological polar surface area (TPSA) is 38.3 Å². The van der Waals surface area contributed by atoms with Crippen molar-refractivity contribution in [3.05, 3.63) is 58.6 Å². The molecule has 5 heteroatoms. The quantitative estimate of drug-likeness (QED) is 0.575. The van der Waals surface area contributed by atoms with E-state index in [9.17, 15) is 4.79 Å². The lowest BCUT2D eigenvalue weighted by Crippen LogP contribution is -2.37. The van der Waals surface area contributed by atoms with Gasteiger partial charge in [0.25, 0.3) is 5.91 Å². The lowest BCUT2D eigenvalue weighted by atomic mass is 10.1. The molecule has 0 saturated carbocycles. The van der Waals surface area contributed by atoms with Crippen molar-refractivity contribution in [3.8, 4) is 5.75 Å². The van der Waals surface area contributed by atoms with Gasteiger partial charge in [-0.2, -0.15) is 0 Å². The second kappa shape index (κ2) is 9.00. The van der Waals surface area contributed by atoms with E-state index in [1.165, 1.54) is 4.90 Å². The van der Waals surface area contributed by atoms with Gasteiger partial charge in [-0.1, -0.05) is 29.8 Å². The summed E-state index contributed by atoms with van der Waals surface area (Å²) in [6.07, 6.45) is -0.549. The van der Waals surface area contributed by atoms with Gasteiger partial charge in [-0.3, -0.25) is 4.79 Å². The lowest BCUT2D eigenvalue weighted by molar-refractivity contribution is -0.127. The highest BCUT2D eigenvalue weighted by Crippen LogP contribution is 2.26. The van der Waals surface area contributed by atoms with E-state index >= 15 is 0 Å². The molecule has 0 aliphatic rings. The Morgan fingerprint density at radius 1 is 1.21 bits per heavy atom. The number of halogens is 1. The second-order valence-corrected chi connectivity index (χ2v) is 7.13. The van der Waals surface area contributed by atoms with Gasteiger partial charge in [0.2, 0.25) is 0 Å². The zero-order valence-electron chi connectivity index (χ0n) is 14.1. The predicted molar refractivity (Wildman–Crippen MR) is 101 cm³/mol. The summed E-state index contributed by atoms with van der Waals surface area (Å²) < 4.78 is 5.73. The number of carbonyl (C=O) groups is 1. The molecule has 2 aromatic carbocycles. The maximum atomic E-state index is 12.1. The van der Waals surface area contributed by atoms with Crippen molar-refractivity contribution in [2.24, 2.45) is 0 Å². The molecular weight excluding hydrogens is 342 g/mol. The van der Waals surface area contributed by atoms with Gasteiger partial charge in [-0.25, -0.2) is 0 Å². The molecule has 0 aliphatic carbocycles. The average molecular weight is 364 g/mol. The van der Waals surface area contributed by atoms with Gasteiger partial charge < -0.3 is 10.1 Å².